The van der Waals surface area contributed by atoms with Crippen LogP contribution in [0.1, 0.15) is 48.2 Å². The molecule has 4 aromatic heterocycles. The molecule has 1 fully saturated rings. The summed E-state index contributed by atoms with van der Waals surface area (Å²) in [5, 5.41) is 13.4. The van der Waals surface area contributed by atoms with Crippen molar-refractivity contribution in [3.8, 4) is 11.4 Å². The molecule has 1 atom stereocenters. The number of pyridine rings is 2. The lowest BCUT2D eigenvalue weighted by molar-refractivity contribution is -0.152. The quantitative estimate of drug-likeness (QED) is 0.182. The van der Waals surface area contributed by atoms with Gasteiger partial charge in [-0.3, -0.25) is 28.8 Å². The molecule has 0 bridgehead atoms. The van der Waals surface area contributed by atoms with Crippen LogP contribution in [0.2, 0.25) is 0 Å². The highest BCUT2D eigenvalue weighted by Crippen LogP contribution is 2.25. The van der Waals surface area contributed by atoms with Gasteiger partial charge in [0.25, 0.3) is 21.5 Å². The number of fused-ring (bicyclic) bond motifs is 1. The number of carbonyl (C=O) groups is 2. The normalized spacial score (nSPS) is 14.0. The van der Waals surface area contributed by atoms with Gasteiger partial charge in [0.15, 0.2) is 0 Å². The number of ether oxygens (including phenoxy) is 1. The van der Waals surface area contributed by atoms with E-state index in [1.165, 1.54) is 83.7 Å². The van der Waals surface area contributed by atoms with Crippen molar-refractivity contribution < 1.29 is 31.5 Å². The van der Waals surface area contributed by atoms with E-state index < -0.39 is 68.2 Å². The van der Waals surface area contributed by atoms with Crippen molar-refractivity contribution in [2.24, 2.45) is 7.05 Å². The number of halogens is 2. The standard InChI is InChI=1S/C36H32F2N10O7S/c1-46-32-19-39-14-13-26(32)34(50)48(36(46)52)23-8-7-21(40-18-23)15-31(35(51)55-24-5-3-2-4-6-24)42-33(49)27-16-29(38)30(17-28(27)37)43-56(53,54)25-11-9-22(10-12-25)47-20-41-44-45-47/h7-14,16-20,24,31,43H,2-6,15H2,1H3,(H,42,49)/t31-/m0/s1. The number of amides is 1. The molecular formula is C36H32F2N10O7S. The van der Waals surface area contributed by atoms with Crippen LogP contribution in [0.3, 0.4) is 0 Å². The van der Waals surface area contributed by atoms with Crippen molar-refractivity contribution >= 4 is 38.5 Å². The van der Waals surface area contributed by atoms with Crippen molar-refractivity contribution in [3.05, 3.63) is 123 Å². The van der Waals surface area contributed by atoms with Crippen LogP contribution < -0.4 is 21.3 Å². The van der Waals surface area contributed by atoms with Crippen molar-refractivity contribution in [2.75, 3.05) is 4.72 Å². The third-order valence-corrected chi connectivity index (χ3v) is 10.7. The number of hydrogen-bond acceptors (Lipinski definition) is 12. The Kier molecular flexibility index (Phi) is 10.5. The first-order chi connectivity index (χ1) is 26.9. The lowest BCUT2D eigenvalue weighted by atomic mass is 9.97. The van der Waals surface area contributed by atoms with E-state index in [0.717, 1.165) is 23.8 Å². The minimum atomic E-state index is -4.41. The zero-order valence-electron chi connectivity index (χ0n) is 29.5. The maximum absolute atomic E-state index is 15.4. The number of tetrazole rings is 1. The summed E-state index contributed by atoms with van der Waals surface area (Å²) < 4.78 is 68.0. The fraction of sp³-hybridized carbons (Fsp3) is 0.250. The Morgan fingerprint density at radius 2 is 1.71 bits per heavy atom. The Morgan fingerprint density at radius 1 is 0.964 bits per heavy atom. The Balaban J connectivity index is 1.11. The molecule has 17 nitrogen and oxygen atoms in total. The Morgan fingerprint density at radius 3 is 2.41 bits per heavy atom. The number of hydrogen-bond donors (Lipinski definition) is 2. The summed E-state index contributed by atoms with van der Waals surface area (Å²) in [5.74, 6) is -4.57. The molecule has 1 saturated carbocycles. The molecule has 1 amide bonds. The smallest absolute Gasteiger partial charge is 0.335 e. The van der Waals surface area contributed by atoms with Crippen LogP contribution >= 0.6 is 0 Å². The highest BCUT2D eigenvalue weighted by Gasteiger charge is 2.29. The number of rotatable bonds is 11. The van der Waals surface area contributed by atoms with Crippen LogP contribution in [0.5, 0.6) is 0 Å². The number of sulfonamides is 1. The SMILES string of the molecule is Cn1c(=O)n(-c2ccc(C[C@H](NC(=O)c3cc(F)c(NS(=O)(=O)c4ccc(-n5cnnn5)cc4)cc3F)C(=O)OC3CCCCC3)nc2)c(=O)c2ccncc21. The number of aryl methyl sites for hydroxylation is 1. The molecule has 6 aromatic rings. The predicted octanol–water partition coefficient (Wildman–Crippen LogP) is 2.75. The molecule has 4 heterocycles. The molecule has 0 unspecified atom stereocenters. The van der Waals surface area contributed by atoms with E-state index in [-0.39, 0.29) is 28.1 Å². The van der Waals surface area contributed by atoms with Gasteiger partial charge >= 0.3 is 11.7 Å². The summed E-state index contributed by atoms with van der Waals surface area (Å²) in [6, 6.07) is 9.22. The van der Waals surface area contributed by atoms with E-state index in [9.17, 15) is 27.6 Å². The molecule has 56 heavy (non-hydrogen) atoms. The number of aromatic nitrogens is 8. The first-order valence-corrected chi connectivity index (χ1v) is 18.8. The van der Waals surface area contributed by atoms with Gasteiger partial charge in [-0.1, -0.05) is 6.42 Å². The minimum absolute atomic E-state index is 0.137. The van der Waals surface area contributed by atoms with Crippen LogP contribution in [0.15, 0.2) is 94.0 Å². The van der Waals surface area contributed by atoms with Crippen molar-refractivity contribution in [1.29, 1.82) is 0 Å². The molecule has 2 aromatic carbocycles. The second kappa shape index (κ2) is 15.6. The van der Waals surface area contributed by atoms with Gasteiger partial charge in [-0.2, -0.15) is 0 Å². The molecule has 0 aliphatic heterocycles. The highest BCUT2D eigenvalue weighted by molar-refractivity contribution is 7.92. The maximum atomic E-state index is 15.4. The second-order valence-corrected chi connectivity index (χ2v) is 14.7. The maximum Gasteiger partial charge on any atom is 0.335 e. The molecule has 1 aliphatic rings. The molecule has 1 aliphatic carbocycles. The van der Waals surface area contributed by atoms with Crippen molar-refractivity contribution in [1.82, 2.24) is 44.6 Å². The van der Waals surface area contributed by atoms with Gasteiger partial charge in [-0.05, 0) is 84.6 Å². The van der Waals surface area contributed by atoms with Gasteiger partial charge < -0.3 is 10.1 Å². The molecule has 0 saturated heterocycles. The lowest BCUT2D eigenvalue weighted by Gasteiger charge is -2.25. The average Bonchev–Trinajstić information content (AvgIpc) is 3.74. The second-order valence-electron chi connectivity index (χ2n) is 13.0. The summed E-state index contributed by atoms with van der Waals surface area (Å²) in [5.41, 5.74) is -1.65. The number of nitrogens with zero attached hydrogens (tertiary/aromatic N) is 8. The van der Waals surface area contributed by atoms with Crippen LogP contribution in [0.4, 0.5) is 14.5 Å². The van der Waals surface area contributed by atoms with E-state index in [4.69, 9.17) is 4.74 Å². The third-order valence-electron chi connectivity index (χ3n) is 9.28. The molecule has 0 radical (unpaired) electrons. The zero-order chi connectivity index (χ0) is 39.6. The number of benzene rings is 2. The van der Waals surface area contributed by atoms with E-state index in [0.29, 0.717) is 36.2 Å². The van der Waals surface area contributed by atoms with Crippen LogP contribution in [0, 0.1) is 11.6 Å². The van der Waals surface area contributed by atoms with Crippen LogP contribution in [-0.2, 0) is 33.0 Å². The molecule has 288 valence electrons. The highest BCUT2D eigenvalue weighted by atomic mass is 32.2. The summed E-state index contributed by atoms with van der Waals surface area (Å²) in [4.78, 5) is 61.3. The fourth-order valence-electron chi connectivity index (χ4n) is 6.32. The van der Waals surface area contributed by atoms with Crippen LogP contribution in [0.25, 0.3) is 22.3 Å². The zero-order valence-corrected chi connectivity index (χ0v) is 30.3. The lowest BCUT2D eigenvalue weighted by Crippen LogP contribution is -2.45. The Labute approximate surface area is 316 Å². The minimum Gasteiger partial charge on any atom is -0.461 e. The van der Waals surface area contributed by atoms with Gasteiger partial charge in [0.2, 0.25) is 0 Å². The first-order valence-electron chi connectivity index (χ1n) is 17.3. The van der Waals surface area contributed by atoms with E-state index in [2.05, 4.69) is 30.8 Å². The molecule has 7 rings (SSSR count). The van der Waals surface area contributed by atoms with Crippen molar-refractivity contribution in [3.63, 3.8) is 0 Å². The van der Waals surface area contributed by atoms with Crippen molar-refractivity contribution in [2.45, 2.75) is 55.6 Å². The van der Waals surface area contributed by atoms with Gasteiger partial charge in [0.05, 0.1) is 50.8 Å². The number of nitrogens with one attached hydrogen (secondary N) is 2. The van der Waals surface area contributed by atoms with Gasteiger partial charge in [0.1, 0.15) is 30.1 Å². The number of carbonyl (C=O) groups excluding carboxylic acids is 2. The summed E-state index contributed by atoms with van der Waals surface area (Å²) in [6.07, 6.45) is 8.62. The van der Waals surface area contributed by atoms with E-state index >= 15 is 8.78 Å². The first kappa shape index (κ1) is 37.6. The largest absolute Gasteiger partial charge is 0.461 e. The topological polar surface area (TPSA) is 215 Å². The summed E-state index contributed by atoms with van der Waals surface area (Å²) in [6.45, 7) is 0. The van der Waals surface area contributed by atoms with E-state index in [1.54, 1.807) is 0 Å². The molecule has 0 spiro atoms. The molecule has 20 heteroatoms. The Hall–Kier alpha value is -6.70. The Bertz CT molecular complexity index is 2670. The predicted molar refractivity (Wildman–Crippen MR) is 195 cm³/mol. The molecular weight excluding hydrogens is 755 g/mol. The van der Waals surface area contributed by atoms with Gasteiger partial charge in [-0.15, -0.1) is 5.10 Å². The number of esters is 1. The summed E-state index contributed by atoms with van der Waals surface area (Å²) >= 11 is 0. The number of anilines is 1. The van der Waals surface area contributed by atoms with Crippen LogP contribution in [-0.4, -0.2) is 71.7 Å². The average molecular weight is 787 g/mol. The third kappa shape index (κ3) is 7.76. The summed E-state index contributed by atoms with van der Waals surface area (Å²) in [7, 11) is -2.92. The monoisotopic (exact) mass is 786 g/mol. The van der Waals surface area contributed by atoms with Gasteiger partial charge in [-0.25, -0.2) is 36.0 Å². The van der Waals surface area contributed by atoms with E-state index in [1.807, 2.05) is 4.72 Å². The van der Waals surface area contributed by atoms with Gasteiger partial charge in [0, 0.05) is 31.4 Å². The molecule has 2 N–H and O–H groups in total. The fourth-order valence-corrected chi connectivity index (χ4v) is 7.38.